The standard InChI is InChI=1S/C19H24N4O/c1-14-16-8-2-3-9-17(16)18(21-20-14)22-10-5-11-23(13-12-22)19(24)15-6-4-7-15/h2-3,8-9,15H,4-7,10-13H2,1H3. The van der Waals surface area contributed by atoms with E-state index >= 15 is 0 Å². The molecule has 1 saturated heterocycles. The van der Waals surface area contributed by atoms with E-state index in [4.69, 9.17) is 0 Å². The molecule has 0 radical (unpaired) electrons. The Bertz CT molecular complexity index is 756. The largest absolute Gasteiger partial charge is 0.353 e. The zero-order chi connectivity index (χ0) is 16.5. The van der Waals surface area contributed by atoms with Gasteiger partial charge in [-0.05, 0) is 26.2 Å². The molecule has 0 N–H and O–H groups in total. The van der Waals surface area contributed by atoms with Crippen LogP contribution in [0.4, 0.5) is 5.82 Å². The average Bonchev–Trinajstić information content (AvgIpc) is 2.80. The Morgan fingerprint density at radius 3 is 2.54 bits per heavy atom. The summed E-state index contributed by atoms with van der Waals surface area (Å²) in [4.78, 5) is 16.9. The van der Waals surface area contributed by atoms with Crippen molar-refractivity contribution in [3.63, 3.8) is 0 Å². The van der Waals surface area contributed by atoms with Gasteiger partial charge in [-0.1, -0.05) is 30.7 Å². The molecule has 5 nitrogen and oxygen atoms in total. The van der Waals surface area contributed by atoms with Gasteiger partial charge in [0.2, 0.25) is 5.91 Å². The lowest BCUT2D eigenvalue weighted by Crippen LogP contribution is -2.41. The van der Waals surface area contributed by atoms with Gasteiger partial charge in [-0.15, -0.1) is 5.10 Å². The summed E-state index contributed by atoms with van der Waals surface area (Å²) >= 11 is 0. The minimum Gasteiger partial charge on any atom is -0.353 e. The summed E-state index contributed by atoms with van der Waals surface area (Å²) in [6, 6.07) is 8.32. The van der Waals surface area contributed by atoms with E-state index in [1.807, 2.05) is 13.0 Å². The summed E-state index contributed by atoms with van der Waals surface area (Å²) in [5.74, 6) is 1.61. The van der Waals surface area contributed by atoms with E-state index in [-0.39, 0.29) is 5.92 Å². The highest BCUT2D eigenvalue weighted by Gasteiger charge is 2.30. The van der Waals surface area contributed by atoms with Crippen LogP contribution in [0.2, 0.25) is 0 Å². The highest BCUT2D eigenvalue weighted by Crippen LogP contribution is 2.30. The van der Waals surface area contributed by atoms with Crippen molar-refractivity contribution >= 4 is 22.5 Å². The fourth-order valence-electron chi connectivity index (χ4n) is 3.72. The molecular weight excluding hydrogens is 300 g/mol. The van der Waals surface area contributed by atoms with Crippen molar-refractivity contribution in [2.24, 2.45) is 5.92 Å². The van der Waals surface area contributed by atoms with Gasteiger partial charge in [0, 0.05) is 42.9 Å². The topological polar surface area (TPSA) is 49.3 Å². The lowest BCUT2D eigenvalue weighted by molar-refractivity contribution is -0.137. The molecule has 2 aromatic rings. The quantitative estimate of drug-likeness (QED) is 0.852. The van der Waals surface area contributed by atoms with Gasteiger partial charge in [0.25, 0.3) is 0 Å². The molecule has 5 heteroatoms. The fraction of sp³-hybridized carbons (Fsp3) is 0.526. The maximum Gasteiger partial charge on any atom is 0.225 e. The zero-order valence-corrected chi connectivity index (χ0v) is 14.2. The molecule has 4 rings (SSSR count). The van der Waals surface area contributed by atoms with Crippen LogP contribution in [0.3, 0.4) is 0 Å². The van der Waals surface area contributed by atoms with Gasteiger partial charge >= 0.3 is 0 Å². The maximum atomic E-state index is 12.5. The van der Waals surface area contributed by atoms with Crippen LogP contribution in [0.15, 0.2) is 24.3 Å². The van der Waals surface area contributed by atoms with Crippen LogP contribution in [0.1, 0.15) is 31.4 Å². The third kappa shape index (κ3) is 2.72. The Labute approximate surface area is 142 Å². The van der Waals surface area contributed by atoms with Crippen molar-refractivity contribution in [2.75, 3.05) is 31.1 Å². The molecule has 1 saturated carbocycles. The Balaban J connectivity index is 1.55. The molecule has 126 valence electrons. The first-order valence-electron chi connectivity index (χ1n) is 9.00. The third-order valence-corrected chi connectivity index (χ3v) is 5.41. The summed E-state index contributed by atoms with van der Waals surface area (Å²) in [5, 5.41) is 11.1. The Morgan fingerprint density at radius 2 is 1.79 bits per heavy atom. The summed E-state index contributed by atoms with van der Waals surface area (Å²) in [7, 11) is 0. The monoisotopic (exact) mass is 324 g/mol. The first-order valence-corrected chi connectivity index (χ1v) is 9.00. The van der Waals surface area contributed by atoms with Crippen LogP contribution in [0.5, 0.6) is 0 Å². The summed E-state index contributed by atoms with van der Waals surface area (Å²) in [6.07, 6.45) is 4.35. The van der Waals surface area contributed by atoms with Gasteiger partial charge in [0.1, 0.15) is 0 Å². The second-order valence-electron chi connectivity index (χ2n) is 6.95. The molecule has 2 heterocycles. The molecule has 1 aromatic heterocycles. The van der Waals surface area contributed by atoms with Gasteiger partial charge in [-0.2, -0.15) is 5.10 Å². The van der Waals surface area contributed by atoms with Crippen LogP contribution in [-0.4, -0.2) is 47.2 Å². The number of carbonyl (C=O) groups excluding carboxylic acids is 1. The van der Waals surface area contributed by atoms with E-state index < -0.39 is 0 Å². The van der Waals surface area contributed by atoms with Crippen LogP contribution in [-0.2, 0) is 4.79 Å². The number of aromatic nitrogens is 2. The molecule has 1 aliphatic carbocycles. The van der Waals surface area contributed by atoms with E-state index in [9.17, 15) is 4.79 Å². The molecule has 24 heavy (non-hydrogen) atoms. The predicted molar refractivity (Wildman–Crippen MR) is 95.0 cm³/mol. The number of anilines is 1. The molecule has 2 fully saturated rings. The number of nitrogens with zero attached hydrogens (tertiary/aromatic N) is 4. The summed E-state index contributed by atoms with van der Waals surface area (Å²) in [5.41, 5.74) is 0.964. The molecular formula is C19H24N4O. The van der Waals surface area contributed by atoms with E-state index in [1.54, 1.807) is 0 Å². The van der Waals surface area contributed by atoms with Crippen molar-refractivity contribution in [1.82, 2.24) is 15.1 Å². The Hall–Kier alpha value is -2.17. The first-order chi connectivity index (χ1) is 11.7. The summed E-state index contributed by atoms with van der Waals surface area (Å²) < 4.78 is 0. The minimum atomic E-state index is 0.288. The van der Waals surface area contributed by atoms with Gasteiger partial charge in [-0.25, -0.2) is 0 Å². The third-order valence-electron chi connectivity index (χ3n) is 5.41. The molecule has 0 spiro atoms. The number of hydrogen-bond acceptors (Lipinski definition) is 4. The molecule has 0 unspecified atom stereocenters. The smallest absolute Gasteiger partial charge is 0.225 e. The number of carbonyl (C=O) groups is 1. The van der Waals surface area contributed by atoms with E-state index in [1.165, 1.54) is 6.42 Å². The van der Waals surface area contributed by atoms with Crippen molar-refractivity contribution in [1.29, 1.82) is 0 Å². The average molecular weight is 324 g/mol. The molecule has 1 amide bonds. The molecule has 1 aliphatic heterocycles. The van der Waals surface area contributed by atoms with E-state index in [2.05, 4.69) is 38.2 Å². The van der Waals surface area contributed by atoms with Gasteiger partial charge in [0.15, 0.2) is 5.82 Å². The number of aryl methyl sites for hydroxylation is 1. The van der Waals surface area contributed by atoms with Crippen LogP contribution in [0.25, 0.3) is 10.8 Å². The minimum absolute atomic E-state index is 0.288. The van der Waals surface area contributed by atoms with Crippen molar-refractivity contribution in [3.8, 4) is 0 Å². The Morgan fingerprint density at radius 1 is 1.00 bits per heavy atom. The number of rotatable bonds is 2. The number of benzene rings is 1. The molecule has 0 bridgehead atoms. The predicted octanol–water partition coefficient (Wildman–Crippen LogP) is 2.78. The molecule has 1 aromatic carbocycles. The van der Waals surface area contributed by atoms with E-state index in [0.29, 0.717) is 5.91 Å². The van der Waals surface area contributed by atoms with Crippen LogP contribution >= 0.6 is 0 Å². The molecule has 0 atom stereocenters. The van der Waals surface area contributed by atoms with Gasteiger partial charge in [-0.3, -0.25) is 4.79 Å². The van der Waals surface area contributed by atoms with Crippen LogP contribution in [0, 0.1) is 12.8 Å². The number of fused-ring (bicyclic) bond motifs is 1. The highest BCUT2D eigenvalue weighted by atomic mass is 16.2. The second-order valence-corrected chi connectivity index (χ2v) is 6.95. The van der Waals surface area contributed by atoms with Crippen molar-refractivity contribution < 1.29 is 4.79 Å². The molecule has 2 aliphatic rings. The number of hydrogen-bond donors (Lipinski definition) is 0. The SMILES string of the molecule is Cc1nnc(N2CCCN(C(=O)C3CCC3)CC2)c2ccccc12. The van der Waals surface area contributed by atoms with Gasteiger partial charge < -0.3 is 9.80 Å². The normalized spacial score (nSPS) is 19.2. The van der Waals surface area contributed by atoms with E-state index in [0.717, 1.165) is 67.7 Å². The van der Waals surface area contributed by atoms with Gasteiger partial charge in [0.05, 0.1) is 5.69 Å². The number of amides is 1. The Kier molecular flexibility index (Phi) is 4.08. The first kappa shape index (κ1) is 15.4. The lowest BCUT2D eigenvalue weighted by atomic mass is 9.84. The maximum absolute atomic E-state index is 12.5. The lowest BCUT2D eigenvalue weighted by Gasteiger charge is -2.31. The highest BCUT2D eigenvalue weighted by molar-refractivity contribution is 5.93. The zero-order valence-electron chi connectivity index (χ0n) is 14.2. The summed E-state index contributed by atoms with van der Waals surface area (Å²) in [6.45, 7) is 5.42. The second kappa shape index (κ2) is 6.38. The van der Waals surface area contributed by atoms with Crippen LogP contribution < -0.4 is 4.90 Å². The fourth-order valence-corrected chi connectivity index (χ4v) is 3.72. The van der Waals surface area contributed by atoms with Crippen molar-refractivity contribution in [2.45, 2.75) is 32.6 Å². The van der Waals surface area contributed by atoms with Crippen molar-refractivity contribution in [3.05, 3.63) is 30.0 Å².